The van der Waals surface area contributed by atoms with Crippen molar-refractivity contribution in [2.75, 3.05) is 11.9 Å². The van der Waals surface area contributed by atoms with Crippen LogP contribution in [0.2, 0.25) is 0 Å². The summed E-state index contributed by atoms with van der Waals surface area (Å²) in [4.78, 5) is 23.3. The van der Waals surface area contributed by atoms with E-state index in [1.165, 1.54) is 0 Å². The Morgan fingerprint density at radius 3 is 2.95 bits per heavy atom. The Balaban J connectivity index is 1.71. The summed E-state index contributed by atoms with van der Waals surface area (Å²) in [5, 5.41) is 5.80. The van der Waals surface area contributed by atoms with Crippen molar-refractivity contribution in [2.45, 2.75) is 32.2 Å². The monoisotopic (exact) mass is 274 g/mol. The summed E-state index contributed by atoms with van der Waals surface area (Å²) in [6.45, 7) is 2.00. The van der Waals surface area contributed by atoms with Gasteiger partial charge in [-0.1, -0.05) is 12.5 Å². The average Bonchev–Trinajstić information content (AvgIpc) is 2.35. The summed E-state index contributed by atoms with van der Waals surface area (Å²) in [7, 11) is 0. The molecule has 0 radical (unpaired) electrons. The molecular formula is C15H18N2O3. The number of rotatable bonds is 3. The van der Waals surface area contributed by atoms with Gasteiger partial charge in [-0.25, -0.2) is 0 Å². The fraction of sp³-hybridized carbons (Fsp3) is 0.467. The van der Waals surface area contributed by atoms with Crippen molar-refractivity contribution < 1.29 is 14.3 Å². The van der Waals surface area contributed by atoms with Crippen LogP contribution < -0.4 is 15.4 Å². The van der Waals surface area contributed by atoms with Gasteiger partial charge in [-0.3, -0.25) is 9.59 Å². The van der Waals surface area contributed by atoms with Gasteiger partial charge in [0.2, 0.25) is 5.91 Å². The van der Waals surface area contributed by atoms with Crippen LogP contribution >= 0.6 is 0 Å². The molecule has 0 unspecified atom stereocenters. The lowest BCUT2D eigenvalue weighted by Crippen LogP contribution is -2.36. The Kier molecular flexibility index (Phi) is 3.34. The van der Waals surface area contributed by atoms with Crippen molar-refractivity contribution >= 4 is 17.5 Å². The first-order chi connectivity index (χ1) is 9.63. The first-order valence-electron chi connectivity index (χ1n) is 7.00. The first-order valence-corrected chi connectivity index (χ1v) is 7.00. The van der Waals surface area contributed by atoms with E-state index in [1.54, 1.807) is 0 Å². The highest BCUT2D eigenvalue weighted by molar-refractivity contribution is 5.95. The van der Waals surface area contributed by atoms with Gasteiger partial charge in [-0.05, 0) is 37.5 Å². The highest BCUT2D eigenvalue weighted by Gasteiger charge is 2.26. The zero-order chi connectivity index (χ0) is 14.1. The summed E-state index contributed by atoms with van der Waals surface area (Å²) >= 11 is 0. The van der Waals surface area contributed by atoms with Gasteiger partial charge in [0.15, 0.2) is 6.61 Å². The number of amides is 2. The lowest BCUT2D eigenvalue weighted by molar-refractivity contribution is -0.128. The van der Waals surface area contributed by atoms with Gasteiger partial charge in [-0.15, -0.1) is 0 Å². The van der Waals surface area contributed by atoms with Crippen LogP contribution in [0.15, 0.2) is 18.2 Å². The Morgan fingerprint density at radius 2 is 2.25 bits per heavy atom. The van der Waals surface area contributed by atoms with E-state index in [1.807, 2.05) is 25.1 Å². The predicted octanol–water partition coefficient (Wildman–Crippen LogP) is 1.99. The van der Waals surface area contributed by atoms with Crippen molar-refractivity contribution in [3.05, 3.63) is 23.8 Å². The van der Waals surface area contributed by atoms with Crippen molar-refractivity contribution in [1.29, 1.82) is 0 Å². The second-order valence-corrected chi connectivity index (χ2v) is 5.45. The number of ether oxygens (including phenoxy) is 1. The number of nitrogens with one attached hydrogen (secondary N) is 2. The van der Waals surface area contributed by atoms with E-state index in [-0.39, 0.29) is 30.4 Å². The van der Waals surface area contributed by atoms with E-state index < -0.39 is 0 Å². The van der Waals surface area contributed by atoms with Crippen LogP contribution in [-0.4, -0.2) is 18.4 Å². The molecular weight excluding hydrogens is 256 g/mol. The zero-order valence-corrected chi connectivity index (χ0v) is 11.4. The molecule has 2 amide bonds. The molecule has 0 spiro atoms. The van der Waals surface area contributed by atoms with E-state index in [4.69, 9.17) is 4.74 Å². The van der Waals surface area contributed by atoms with Gasteiger partial charge in [0.05, 0.1) is 11.7 Å². The third-order valence-electron chi connectivity index (χ3n) is 3.97. The van der Waals surface area contributed by atoms with Gasteiger partial charge < -0.3 is 15.4 Å². The molecule has 2 aliphatic rings. The molecule has 1 aromatic rings. The minimum Gasteiger partial charge on any atom is -0.482 e. The molecule has 0 aromatic heterocycles. The van der Waals surface area contributed by atoms with E-state index >= 15 is 0 Å². The summed E-state index contributed by atoms with van der Waals surface area (Å²) < 4.78 is 5.32. The average molecular weight is 274 g/mol. The summed E-state index contributed by atoms with van der Waals surface area (Å²) in [6.07, 6.45) is 3.13. The van der Waals surface area contributed by atoms with Gasteiger partial charge in [0.1, 0.15) is 5.75 Å². The standard InChI is InChI=1S/C15H18N2O3/c1-9(16-15(19)10-3-2-4-10)11-5-6-13-12(7-11)17-14(18)8-20-13/h5-7,9-10H,2-4,8H2,1H3,(H,16,19)(H,17,18)/t9-/m1/s1. The largest absolute Gasteiger partial charge is 0.482 e. The normalized spacial score (nSPS) is 19.1. The molecule has 1 aliphatic carbocycles. The molecule has 3 rings (SSSR count). The molecule has 2 N–H and O–H groups in total. The van der Waals surface area contributed by atoms with Crippen LogP contribution in [0.3, 0.4) is 0 Å². The summed E-state index contributed by atoms with van der Waals surface area (Å²) in [6, 6.07) is 5.53. The second kappa shape index (κ2) is 5.15. The third-order valence-corrected chi connectivity index (χ3v) is 3.97. The highest BCUT2D eigenvalue weighted by atomic mass is 16.5. The number of fused-ring (bicyclic) bond motifs is 1. The fourth-order valence-corrected chi connectivity index (χ4v) is 2.46. The summed E-state index contributed by atoms with van der Waals surface area (Å²) in [5.41, 5.74) is 1.63. The number of carbonyl (C=O) groups excluding carboxylic acids is 2. The molecule has 106 valence electrons. The molecule has 0 saturated heterocycles. The summed E-state index contributed by atoms with van der Waals surface area (Å²) in [5.74, 6) is 0.826. The molecule has 5 heteroatoms. The number of hydrogen-bond acceptors (Lipinski definition) is 3. The Hall–Kier alpha value is -2.04. The van der Waals surface area contributed by atoms with Crippen LogP contribution in [-0.2, 0) is 9.59 Å². The van der Waals surface area contributed by atoms with Crippen LogP contribution in [0.1, 0.15) is 37.8 Å². The predicted molar refractivity (Wildman–Crippen MR) is 74.5 cm³/mol. The Morgan fingerprint density at radius 1 is 1.45 bits per heavy atom. The maximum absolute atomic E-state index is 11.9. The molecule has 1 atom stereocenters. The number of carbonyl (C=O) groups is 2. The van der Waals surface area contributed by atoms with Crippen molar-refractivity contribution in [3.8, 4) is 5.75 Å². The van der Waals surface area contributed by atoms with Gasteiger partial charge >= 0.3 is 0 Å². The molecule has 1 fully saturated rings. The van der Waals surface area contributed by atoms with Crippen molar-refractivity contribution in [3.63, 3.8) is 0 Å². The number of benzene rings is 1. The quantitative estimate of drug-likeness (QED) is 0.885. The second-order valence-electron chi connectivity index (χ2n) is 5.45. The van der Waals surface area contributed by atoms with E-state index in [2.05, 4.69) is 10.6 Å². The molecule has 5 nitrogen and oxygen atoms in total. The Bertz CT molecular complexity index is 552. The maximum atomic E-state index is 11.9. The maximum Gasteiger partial charge on any atom is 0.262 e. The van der Waals surface area contributed by atoms with Crippen molar-refractivity contribution in [2.24, 2.45) is 5.92 Å². The molecule has 0 bridgehead atoms. The lowest BCUT2D eigenvalue weighted by atomic mass is 9.84. The molecule has 20 heavy (non-hydrogen) atoms. The van der Waals surface area contributed by atoms with E-state index in [0.29, 0.717) is 11.4 Å². The molecule has 1 heterocycles. The minimum atomic E-state index is -0.152. The van der Waals surface area contributed by atoms with Crippen LogP contribution in [0.5, 0.6) is 5.75 Å². The smallest absolute Gasteiger partial charge is 0.262 e. The molecule has 1 aliphatic heterocycles. The fourth-order valence-electron chi connectivity index (χ4n) is 2.46. The van der Waals surface area contributed by atoms with Gasteiger partial charge in [0, 0.05) is 5.92 Å². The van der Waals surface area contributed by atoms with E-state index in [9.17, 15) is 9.59 Å². The van der Waals surface area contributed by atoms with Gasteiger partial charge in [-0.2, -0.15) is 0 Å². The van der Waals surface area contributed by atoms with E-state index in [0.717, 1.165) is 24.8 Å². The van der Waals surface area contributed by atoms with Crippen LogP contribution in [0, 0.1) is 5.92 Å². The Labute approximate surface area is 117 Å². The molecule has 1 aromatic carbocycles. The van der Waals surface area contributed by atoms with Crippen LogP contribution in [0.25, 0.3) is 0 Å². The van der Waals surface area contributed by atoms with Crippen molar-refractivity contribution in [1.82, 2.24) is 5.32 Å². The van der Waals surface area contributed by atoms with Crippen LogP contribution in [0.4, 0.5) is 5.69 Å². The SMILES string of the molecule is C[C@@H](NC(=O)C1CCC1)c1ccc2c(c1)NC(=O)CO2. The molecule has 1 saturated carbocycles. The third kappa shape index (κ3) is 2.48. The first kappa shape index (κ1) is 13.0. The minimum absolute atomic E-state index is 0.0559. The highest BCUT2D eigenvalue weighted by Crippen LogP contribution is 2.31. The zero-order valence-electron chi connectivity index (χ0n) is 11.4. The number of anilines is 1. The van der Waals surface area contributed by atoms with Gasteiger partial charge in [0.25, 0.3) is 5.91 Å². The lowest BCUT2D eigenvalue weighted by Gasteiger charge is -2.27. The number of hydrogen-bond donors (Lipinski definition) is 2. The topological polar surface area (TPSA) is 67.4 Å².